The lowest BCUT2D eigenvalue weighted by Crippen LogP contribution is -2.14. The van der Waals surface area contributed by atoms with Crippen LogP contribution in [0.2, 0.25) is 5.02 Å². The summed E-state index contributed by atoms with van der Waals surface area (Å²) < 4.78 is 0. The zero-order chi connectivity index (χ0) is 17.7. The summed E-state index contributed by atoms with van der Waals surface area (Å²) >= 11 is 5.86. The maximum Gasteiger partial charge on any atom is 0.270 e. The molecule has 0 bridgehead atoms. The van der Waals surface area contributed by atoms with Crippen molar-refractivity contribution < 1.29 is 9.72 Å². The van der Waals surface area contributed by atoms with E-state index in [2.05, 4.69) is 5.32 Å². The van der Waals surface area contributed by atoms with E-state index in [1.165, 1.54) is 24.3 Å². The Hall–Kier alpha value is -3.17. The molecule has 0 aliphatic carbocycles. The van der Waals surface area contributed by atoms with Crippen LogP contribution in [0.5, 0.6) is 0 Å². The monoisotopic (exact) mass is 341 g/mol. The molecule has 0 aliphatic rings. The smallest absolute Gasteiger partial charge is 0.270 e. The van der Waals surface area contributed by atoms with Crippen LogP contribution in [-0.2, 0) is 4.79 Å². The molecule has 120 valence electrons. The first-order chi connectivity index (χ1) is 11.4. The third-order valence-electron chi connectivity index (χ3n) is 3.19. The molecule has 0 unspecified atom stereocenters. The number of nitriles is 1. The first-order valence-electron chi connectivity index (χ1n) is 6.84. The van der Waals surface area contributed by atoms with Crippen LogP contribution in [0.3, 0.4) is 0 Å². The van der Waals surface area contributed by atoms with Crippen molar-refractivity contribution in [3.63, 3.8) is 0 Å². The van der Waals surface area contributed by atoms with Crippen LogP contribution in [-0.4, -0.2) is 10.8 Å². The molecule has 0 heterocycles. The van der Waals surface area contributed by atoms with Gasteiger partial charge >= 0.3 is 0 Å². The Balaban J connectivity index is 2.27. The van der Waals surface area contributed by atoms with Gasteiger partial charge in [0.25, 0.3) is 11.6 Å². The topological polar surface area (TPSA) is 96.0 Å². The van der Waals surface area contributed by atoms with E-state index in [-0.39, 0.29) is 11.3 Å². The predicted molar refractivity (Wildman–Crippen MR) is 91.5 cm³/mol. The minimum atomic E-state index is -0.602. The van der Waals surface area contributed by atoms with Crippen molar-refractivity contribution in [3.05, 3.63) is 74.3 Å². The molecule has 0 aromatic heterocycles. The van der Waals surface area contributed by atoms with E-state index in [0.29, 0.717) is 16.3 Å². The summed E-state index contributed by atoms with van der Waals surface area (Å²) in [6.45, 7) is 1.78. The average Bonchev–Trinajstić information content (AvgIpc) is 2.55. The number of hydrogen-bond donors (Lipinski definition) is 1. The Bertz CT molecular complexity index is 885. The van der Waals surface area contributed by atoms with E-state index in [1.54, 1.807) is 37.3 Å². The molecular weight excluding hydrogens is 330 g/mol. The molecule has 0 radical (unpaired) electrons. The lowest BCUT2D eigenvalue weighted by molar-refractivity contribution is -0.384. The molecule has 0 saturated heterocycles. The number of carbonyl (C=O) groups excluding carboxylic acids is 1. The molecular formula is C17H12ClN3O3. The Morgan fingerprint density at radius 2 is 2.08 bits per heavy atom. The van der Waals surface area contributed by atoms with Gasteiger partial charge in [-0.05, 0) is 42.3 Å². The second kappa shape index (κ2) is 7.40. The molecule has 0 fully saturated rings. The molecule has 6 nitrogen and oxygen atoms in total. The fourth-order valence-corrected chi connectivity index (χ4v) is 2.23. The number of anilines is 1. The number of benzene rings is 2. The highest BCUT2D eigenvalue weighted by atomic mass is 35.5. The molecule has 0 aliphatic heterocycles. The van der Waals surface area contributed by atoms with E-state index in [1.807, 2.05) is 0 Å². The van der Waals surface area contributed by atoms with Crippen LogP contribution in [0.15, 0.2) is 48.0 Å². The van der Waals surface area contributed by atoms with Crippen molar-refractivity contribution in [1.29, 1.82) is 5.26 Å². The first kappa shape index (κ1) is 17.2. The molecule has 2 rings (SSSR count). The zero-order valence-corrected chi connectivity index (χ0v) is 13.4. The van der Waals surface area contributed by atoms with Gasteiger partial charge in [-0.25, -0.2) is 0 Å². The highest BCUT2D eigenvalue weighted by Crippen LogP contribution is 2.21. The summed E-state index contributed by atoms with van der Waals surface area (Å²) in [6, 6.07) is 12.4. The van der Waals surface area contributed by atoms with Gasteiger partial charge in [0.15, 0.2) is 0 Å². The second-order valence-electron chi connectivity index (χ2n) is 4.94. The molecule has 2 aromatic carbocycles. The van der Waals surface area contributed by atoms with Crippen LogP contribution in [0, 0.1) is 28.4 Å². The van der Waals surface area contributed by atoms with Crippen LogP contribution in [0.4, 0.5) is 11.4 Å². The molecule has 2 aromatic rings. The lowest BCUT2D eigenvalue weighted by Gasteiger charge is -2.08. The number of nitro groups is 1. The SMILES string of the molecule is Cc1cc(Cl)ccc1NC(=O)/C(C#N)=C/c1cccc([N+](=O)[O-])c1. The maximum absolute atomic E-state index is 12.2. The van der Waals surface area contributed by atoms with Gasteiger partial charge in [-0.1, -0.05) is 23.7 Å². The van der Waals surface area contributed by atoms with E-state index in [9.17, 15) is 20.2 Å². The van der Waals surface area contributed by atoms with Gasteiger partial charge < -0.3 is 5.32 Å². The van der Waals surface area contributed by atoms with E-state index >= 15 is 0 Å². The predicted octanol–water partition coefficient (Wildman–Crippen LogP) is 4.10. The fraction of sp³-hybridized carbons (Fsp3) is 0.0588. The molecule has 0 spiro atoms. The minimum absolute atomic E-state index is 0.116. The van der Waals surface area contributed by atoms with Crippen molar-refractivity contribution in [2.45, 2.75) is 6.92 Å². The summed E-state index contributed by atoms with van der Waals surface area (Å²) in [5.41, 5.74) is 1.40. The number of aryl methyl sites for hydroxylation is 1. The third-order valence-corrected chi connectivity index (χ3v) is 3.43. The Morgan fingerprint density at radius 1 is 1.33 bits per heavy atom. The molecule has 0 saturated carbocycles. The van der Waals surface area contributed by atoms with Crippen LogP contribution in [0.1, 0.15) is 11.1 Å². The number of nitrogens with one attached hydrogen (secondary N) is 1. The van der Waals surface area contributed by atoms with Crippen LogP contribution < -0.4 is 5.32 Å². The van der Waals surface area contributed by atoms with Crippen LogP contribution in [0.25, 0.3) is 6.08 Å². The highest BCUT2D eigenvalue weighted by molar-refractivity contribution is 6.30. The normalized spacial score (nSPS) is 10.8. The Labute approximate surface area is 143 Å². The van der Waals surface area contributed by atoms with Crippen molar-refractivity contribution in [2.75, 3.05) is 5.32 Å². The number of amides is 1. The second-order valence-corrected chi connectivity index (χ2v) is 5.37. The van der Waals surface area contributed by atoms with Crippen molar-refractivity contribution >= 4 is 35.0 Å². The van der Waals surface area contributed by atoms with Gasteiger partial charge in [0.2, 0.25) is 0 Å². The van der Waals surface area contributed by atoms with Gasteiger partial charge in [-0.3, -0.25) is 14.9 Å². The number of carbonyl (C=O) groups is 1. The Kier molecular flexibility index (Phi) is 5.30. The Morgan fingerprint density at radius 3 is 2.71 bits per heavy atom. The highest BCUT2D eigenvalue weighted by Gasteiger charge is 2.12. The van der Waals surface area contributed by atoms with Crippen molar-refractivity contribution in [3.8, 4) is 6.07 Å². The summed E-state index contributed by atoms with van der Waals surface area (Å²) in [7, 11) is 0. The molecule has 0 atom stereocenters. The zero-order valence-electron chi connectivity index (χ0n) is 12.6. The van der Waals surface area contributed by atoms with Crippen LogP contribution >= 0.6 is 11.6 Å². The van der Waals surface area contributed by atoms with E-state index in [0.717, 1.165) is 5.56 Å². The van der Waals surface area contributed by atoms with Gasteiger partial charge in [0, 0.05) is 22.8 Å². The largest absolute Gasteiger partial charge is 0.321 e. The number of rotatable bonds is 4. The quantitative estimate of drug-likeness (QED) is 0.392. The molecule has 24 heavy (non-hydrogen) atoms. The first-order valence-corrected chi connectivity index (χ1v) is 7.22. The van der Waals surface area contributed by atoms with Crippen molar-refractivity contribution in [2.24, 2.45) is 0 Å². The number of nitro benzene ring substituents is 1. The summed E-state index contributed by atoms with van der Waals surface area (Å²) in [4.78, 5) is 22.5. The lowest BCUT2D eigenvalue weighted by atomic mass is 10.1. The summed E-state index contributed by atoms with van der Waals surface area (Å²) in [5.74, 6) is -0.602. The van der Waals surface area contributed by atoms with Crippen molar-refractivity contribution in [1.82, 2.24) is 0 Å². The molecule has 7 heteroatoms. The van der Waals surface area contributed by atoms with Gasteiger partial charge in [-0.15, -0.1) is 0 Å². The van der Waals surface area contributed by atoms with E-state index < -0.39 is 10.8 Å². The maximum atomic E-state index is 12.2. The van der Waals surface area contributed by atoms with Gasteiger partial charge in [0.1, 0.15) is 11.6 Å². The number of halogens is 1. The summed E-state index contributed by atoms with van der Waals surface area (Å²) in [5, 5.41) is 23.1. The van der Waals surface area contributed by atoms with E-state index in [4.69, 9.17) is 11.6 Å². The standard InChI is InChI=1S/C17H12ClN3O3/c1-11-7-14(18)5-6-16(11)20-17(22)13(10-19)8-12-3-2-4-15(9-12)21(23)24/h2-9H,1H3,(H,20,22)/b13-8+. The third kappa shape index (κ3) is 4.18. The number of hydrogen-bond acceptors (Lipinski definition) is 4. The van der Waals surface area contributed by atoms with Gasteiger partial charge in [-0.2, -0.15) is 5.26 Å². The molecule has 1 N–H and O–H groups in total. The van der Waals surface area contributed by atoms with Gasteiger partial charge in [0.05, 0.1) is 4.92 Å². The fourth-order valence-electron chi connectivity index (χ4n) is 2.00. The molecule has 1 amide bonds. The number of nitrogens with zero attached hydrogens (tertiary/aromatic N) is 2. The number of non-ortho nitro benzene ring substituents is 1. The average molecular weight is 342 g/mol. The minimum Gasteiger partial charge on any atom is -0.321 e. The summed E-state index contributed by atoms with van der Waals surface area (Å²) in [6.07, 6.45) is 1.30.